The molecule has 1 heterocycles. The minimum Gasteiger partial charge on any atom is -0.395 e. The van der Waals surface area contributed by atoms with Crippen LogP contribution in [0.5, 0.6) is 0 Å². The molecular formula is C7H8BrClN2OS. The van der Waals surface area contributed by atoms with Crippen molar-refractivity contribution in [1.82, 2.24) is 9.71 Å². The van der Waals surface area contributed by atoms with Crippen LogP contribution in [0, 0.1) is 0 Å². The van der Waals surface area contributed by atoms with Crippen molar-refractivity contribution >= 4 is 39.5 Å². The third kappa shape index (κ3) is 3.83. The molecule has 0 aliphatic heterocycles. The molecule has 13 heavy (non-hydrogen) atoms. The Morgan fingerprint density at radius 3 is 3.15 bits per heavy atom. The van der Waals surface area contributed by atoms with Crippen molar-refractivity contribution in [2.75, 3.05) is 13.2 Å². The second kappa shape index (κ2) is 5.82. The van der Waals surface area contributed by atoms with E-state index in [-0.39, 0.29) is 6.61 Å². The van der Waals surface area contributed by atoms with E-state index in [1.807, 2.05) is 6.07 Å². The third-order valence-electron chi connectivity index (χ3n) is 1.17. The normalized spacial score (nSPS) is 10.4. The lowest BCUT2D eigenvalue weighted by atomic mass is 10.5. The van der Waals surface area contributed by atoms with E-state index in [0.717, 1.165) is 9.37 Å². The van der Waals surface area contributed by atoms with Crippen molar-refractivity contribution in [3.05, 3.63) is 21.9 Å². The SMILES string of the molecule is OCCNSc1cc(Br)cnc1Cl. The molecule has 1 aromatic heterocycles. The average Bonchev–Trinajstić information content (AvgIpc) is 2.11. The largest absolute Gasteiger partial charge is 0.395 e. The van der Waals surface area contributed by atoms with E-state index in [2.05, 4.69) is 25.6 Å². The summed E-state index contributed by atoms with van der Waals surface area (Å²) < 4.78 is 3.82. The Morgan fingerprint density at radius 2 is 2.46 bits per heavy atom. The van der Waals surface area contributed by atoms with E-state index in [1.54, 1.807) is 6.20 Å². The van der Waals surface area contributed by atoms with Gasteiger partial charge in [0.1, 0.15) is 5.15 Å². The van der Waals surface area contributed by atoms with Crippen molar-refractivity contribution in [3.63, 3.8) is 0 Å². The number of pyridine rings is 1. The van der Waals surface area contributed by atoms with Crippen LogP contribution in [0.4, 0.5) is 0 Å². The Hall–Kier alpha value is 0.190. The van der Waals surface area contributed by atoms with Gasteiger partial charge < -0.3 is 5.11 Å². The van der Waals surface area contributed by atoms with Gasteiger partial charge in [0.25, 0.3) is 0 Å². The van der Waals surface area contributed by atoms with Gasteiger partial charge in [-0.2, -0.15) is 0 Å². The number of nitrogens with zero attached hydrogens (tertiary/aromatic N) is 1. The van der Waals surface area contributed by atoms with E-state index in [9.17, 15) is 0 Å². The molecule has 0 unspecified atom stereocenters. The van der Waals surface area contributed by atoms with E-state index >= 15 is 0 Å². The summed E-state index contributed by atoms with van der Waals surface area (Å²) in [6, 6.07) is 1.87. The molecule has 0 aliphatic carbocycles. The fraction of sp³-hybridized carbons (Fsp3) is 0.286. The first kappa shape index (κ1) is 11.3. The Labute approximate surface area is 94.2 Å². The van der Waals surface area contributed by atoms with Gasteiger partial charge in [-0.15, -0.1) is 0 Å². The monoisotopic (exact) mass is 282 g/mol. The quantitative estimate of drug-likeness (QED) is 0.504. The molecule has 0 aliphatic rings. The minimum absolute atomic E-state index is 0.103. The summed E-state index contributed by atoms with van der Waals surface area (Å²) >= 11 is 10.5. The predicted octanol–water partition coefficient (Wildman–Crippen LogP) is 2.09. The molecule has 0 atom stereocenters. The van der Waals surface area contributed by atoms with Crippen LogP contribution in [0.1, 0.15) is 0 Å². The maximum Gasteiger partial charge on any atom is 0.143 e. The summed E-state index contributed by atoms with van der Waals surface area (Å²) in [5.74, 6) is 0. The summed E-state index contributed by atoms with van der Waals surface area (Å²) in [6.07, 6.45) is 1.64. The lowest BCUT2D eigenvalue weighted by Gasteiger charge is -2.03. The number of aliphatic hydroxyl groups excluding tert-OH is 1. The summed E-state index contributed by atoms with van der Waals surface area (Å²) in [5.41, 5.74) is 0. The lowest BCUT2D eigenvalue weighted by molar-refractivity contribution is 0.302. The number of rotatable bonds is 4. The van der Waals surface area contributed by atoms with E-state index in [0.29, 0.717) is 11.7 Å². The molecule has 3 nitrogen and oxygen atoms in total. The van der Waals surface area contributed by atoms with Gasteiger partial charge in [0.05, 0.1) is 11.5 Å². The number of aromatic nitrogens is 1. The smallest absolute Gasteiger partial charge is 0.143 e. The standard InChI is InChI=1S/C7H8BrClN2OS/c8-5-3-6(7(9)10-4-5)13-11-1-2-12/h3-4,11-12H,1-2H2. The molecule has 0 aromatic carbocycles. The number of halogens is 2. The van der Waals surface area contributed by atoms with Crippen molar-refractivity contribution in [2.45, 2.75) is 4.90 Å². The Bertz CT molecular complexity index is 287. The third-order valence-corrected chi connectivity index (χ3v) is 2.90. The fourth-order valence-corrected chi connectivity index (χ4v) is 2.02. The highest BCUT2D eigenvalue weighted by Gasteiger charge is 2.02. The van der Waals surface area contributed by atoms with Gasteiger partial charge in [0.15, 0.2) is 0 Å². The number of hydrogen-bond donors (Lipinski definition) is 2. The van der Waals surface area contributed by atoms with Crippen LogP contribution in [0.25, 0.3) is 0 Å². The number of hydrogen-bond acceptors (Lipinski definition) is 4. The van der Waals surface area contributed by atoms with Crippen LogP contribution in [0.3, 0.4) is 0 Å². The van der Waals surface area contributed by atoms with Crippen molar-refractivity contribution < 1.29 is 5.11 Å². The van der Waals surface area contributed by atoms with Crippen LogP contribution in [0.15, 0.2) is 21.6 Å². The van der Waals surface area contributed by atoms with Crippen LogP contribution in [-0.2, 0) is 0 Å². The number of aliphatic hydroxyl groups is 1. The van der Waals surface area contributed by atoms with Crippen LogP contribution >= 0.6 is 39.5 Å². The van der Waals surface area contributed by atoms with Gasteiger partial charge in [-0.1, -0.05) is 11.6 Å². The molecule has 1 aromatic rings. The second-order valence-electron chi connectivity index (χ2n) is 2.16. The van der Waals surface area contributed by atoms with E-state index in [1.165, 1.54) is 11.9 Å². The molecule has 0 saturated heterocycles. The van der Waals surface area contributed by atoms with Crippen molar-refractivity contribution in [3.8, 4) is 0 Å². The zero-order chi connectivity index (χ0) is 9.68. The van der Waals surface area contributed by atoms with Crippen LogP contribution in [-0.4, -0.2) is 23.2 Å². The summed E-state index contributed by atoms with van der Waals surface area (Å²) in [5, 5.41) is 8.99. The van der Waals surface area contributed by atoms with Gasteiger partial charge in [-0.3, -0.25) is 4.72 Å². The first-order valence-electron chi connectivity index (χ1n) is 3.55. The Morgan fingerprint density at radius 1 is 1.69 bits per heavy atom. The molecular weight excluding hydrogens is 276 g/mol. The van der Waals surface area contributed by atoms with Crippen LogP contribution < -0.4 is 4.72 Å². The first-order chi connectivity index (χ1) is 6.24. The highest BCUT2D eigenvalue weighted by Crippen LogP contribution is 2.25. The average molecular weight is 284 g/mol. The minimum atomic E-state index is 0.103. The maximum absolute atomic E-state index is 8.53. The van der Waals surface area contributed by atoms with Crippen LogP contribution in [0.2, 0.25) is 5.15 Å². The molecule has 0 bridgehead atoms. The molecule has 0 saturated carbocycles. The summed E-state index contributed by atoms with van der Waals surface area (Å²) in [4.78, 5) is 4.79. The molecule has 2 N–H and O–H groups in total. The fourth-order valence-electron chi connectivity index (χ4n) is 0.650. The number of nitrogens with one attached hydrogen (secondary N) is 1. The van der Waals surface area contributed by atoms with Crippen molar-refractivity contribution in [2.24, 2.45) is 0 Å². The zero-order valence-corrected chi connectivity index (χ0v) is 9.79. The van der Waals surface area contributed by atoms with E-state index in [4.69, 9.17) is 16.7 Å². The highest BCUT2D eigenvalue weighted by atomic mass is 79.9. The first-order valence-corrected chi connectivity index (χ1v) is 5.54. The Kier molecular flexibility index (Phi) is 5.05. The zero-order valence-electron chi connectivity index (χ0n) is 6.63. The molecule has 0 spiro atoms. The molecule has 0 amide bonds. The van der Waals surface area contributed by atoms with Crippen molar-refractivity contribution in [1.29, 1.82) is 0 Å². The summed E-state index contributed by atoms with van der Waals surface area (Å²) in [6.45, 7) is 0.625. The van der Waals surface area contributed by atoms with Gasteiger partial charge in [-0.25, -0.2) is 4.98 Å². The molecule has 6 heteroatoms. The topological polar surface area (TPSA) is 45.1 Å². The second-order valence-corrected chi connectivity index (χ2v) is 4.37. The summed E-state index contributed by atoms with van der Waals surface area (Å²) in [7, 11) is 0. The van der Waals surface area contributed by atoms with E-state index < -0.39 is 0 Å². The van der Waals surface area contributed by atoms with Gasteiger partial charge in [-0.05, 0) is 33.9 Å². The molecule has 0 fully saturated rings. The van der Waals surface area contributed by atoms with Gasteiger partial charge in [0, 0.05) is 17.2 Å². The molecule has 0 radical (unpaired) electrons. The molecule has 72 valence electrons. The van der Waals surface area contributed by atoms with Gasteiger partial charge in [0.2, 0.25) is 0 Å². The maximum atomic E-state index is 8.53. The predicted molar refractivity (Wildman–Crippen MR) is 57.9 cm³/mol. The lowest BCUT2D eigenvalue weighted by Crippen LogP contribution is -2.09. The highest BCUT2D eigenvalue weighted by molar-refractivity contribution is 9.10. The molecule has 1 rings (SSSR count). The van der Waals surface area contributed by atoms with Gasteiger partial charge >= 0.3 is 0 Å². The Balaban J connectivity index is 2.59.